The van der Waals surface area contributed by atoms with Gasteiger partial charge in [0.25, 0.3) is 0 Å². The topological polar surface area (TPSA) is 75.8 Å². The van der Waals surface area contributed by atoms with E-state index in [4.69, 9.17) is 14.2 Å². The highest BCUT2D eigenvalue weighted by Crippen LogP contribution is 2.38. The molecule has 2 aromatic carbocycles. The molecule has 7 nitrogen and oxygen atoms in total. The van der Waals surface area contributed by atoms with Gasteiger partial charge in [0.05, 0.1) is 21.3 Å². The van der Waals surface area contributed by atoms with Crippen LogP contribution in [-0.2, 0) is 13.1 Å². The summed E-state index contributed by atoms with van der Waals surface area (Å²) in [6.07, 6.45) is 5.04. The Balaban J connectivity index is 0.000000541. The Bertz CT molecular complexity index is 767. The van der Waals surface area contributed by atoms with E-state index in [2.05, 4.69) is 72.4 Å². The van der Waals surface area contributed by atoms with Crippen molar-refractivity contribution in [2.45, 2.75) is 59.5 Å². The van der Waals surface area contributed by atoms with Gasteiger partial charge in [-0.3, -0.25) is 0 Å². The van der Waals surface area contributed by atoms with Gasteiger partial charge >= 0.3 is 0 Å². The van der Waals surface area contributed by atoms with E-state index >= 15 is 0 Å². The van der Waals surface area contributed by atoms with Gasteiger partial charge in [0, 0.05) is 37.7 Å². The molecule has 0 saturated carbocycles. The second-order valence-corrected chi connectivity index (χ2v) is 10.4. The molecule has 3 rings (SSSR count). The number of ether oxygens (including phenoxy) is 3. The first-order chi connectivity index (χ1) is 19.6. The van der Waals surface area contributed by atoms with Crippen LogP contribution in [0.4, 0.5) is 0 Å². The van der Waals surface area contributed by atoms with Crippen LogP contribution in [0.5, 0.6) is 17.2 Å². The fourth-order valence-electron chi connectivity index (χ4n) is 3.57. The molecule has 0 aliphatic carbocycles. The van der Waals surface area contributed by atoms with E-state index in [9.17, 15) is 0 Å². The van der Waals surface area contributed by atoms with Gasteiger partial charge in [-0.25, -0.2) is 0 Å². The molecule has 1 aliphatic rings. The lowest BCUT2D eigenvalue weighted by Crippen LogP contribution is -2.24. The van der Waals surface area contributed by atoms with Crippen LogP contribution >= 0.6 is 11.8 Å². The lowest BCUT2D eigenvalue weighted by molar-refractivity contribution is 0.323. The normalized spacial score (nSPS) is 12.0. The number of rotatable bonds is 14. The van der Waals surface area contributed by atoms with Crippen molar-refractivity contribution < 1.29 is 14.2 Å². The third-order valence-corrected chi connectivity index (χ3v) is 6.67. The van der Waals surface area contributed by atoms with E-state index in [0.29, 0.717) is 17.2 Å². The molecule has 0 bridgehead atoms. The minimum atomic E-state index is 0.625. The van der Waals surface area contributed by atoms with E-state index in [1.54, 1.807) is 21.3 Å². The summed E-state index contributed by atoms with van der Waals surface area (Å²) in [6.45, 7) is 14.2. The van der Waals surface area contributed by atoms with Crippen LogP contribution in [0.3, 0.4) is 0 Å². The number of methoxy groups -OCH3 is 3. The van der Waals surface area contributed by atoms with Crippen LogP contribution in [0.2, 0.25) is 0 Å². The lowest BCUT2D eigenvalue weighted by Gasteiger charge is -2.13. The predicted molar refractivity (Wildman–Crippen MR) is 176 cm³/mol. The van der Waals surface area contributed by atoms with Crippen LogP contribution < -0.4 is 35.5 Å². The zero-order valence-corrected chi connectivity index (χ0v) is 27.2. The quantitative estimate of drug-likeness (QED) is 0.212. The average Bonchev–Trinajstić information content (AvgIpc) is 3.01. The molecule has 0 unspecified atom stereocenters. The van der Waals surface area contributed by atoms with Crippen molar-refractivity contribution in [2.75, 3.05) is 72.6 Å². The zero-order chi connectivity index (χ0) is 29.7. The minimum absolute atomic E-state index is 0.625. The van der Waals surface area contributed by atoms with Crippen molar-refractivity contribution in [3.63, 3.8) is 0 Å². The molecule has 1 fully saturated rings. The molecular weight excluding hydrogens is 520 g/mol. The van der Waals surface area contributed by atoms with Gasteiger partial charge in [-0.15, -0.1) is 0 Å². The van der Waals surface area contributed by atoms with Gasteiger partial charge in [-0.05, 0) is 69.2 Å². The van der Waals surface area contributed by atoms with Gasteiger partial charge < -0.3 is 35.5 Å². The number of benzene rings is 2. The largest absolute Gasteiger partial charge is 0.493 e. The number of nitrogens with one attached hydrogen (secondary N) is 4. The molecule has 230 valence electrons. The van der Waals surface area contributed by atoms with Gasteiger partial charge in [0.1, 0.15) is 0 Å². The second-order valence-electron chi connectivity index (χ2n) is 9.19. The van der Waals surface area contributed by atoms with E-state index in [1.165, 1.54) is 68.9 Å². The first-order valence-corrected chi connectivity index (χ1v) is 15.9. The monoisotopic (exact) mass is 578 g/mol. The molecule has 8 heteroatoms. The molecule has 0 aromatic heterocycles. The van der Waals surface area contributed by atoms with E-state index in [1.807, 2.05) is 30.9 Å². The summed E-state index contributed by atoms with van der Waals surface area (Å²) < 4.78 is 15.7. The van der Waals surface area contributed by atoms with Gasteiger partial charge in [-0.2, -0.15) is 11.8 Å². The minimum Gasteiger partial charge on any atom is -0.493 e. The molecule has 1 heterocycles. The average molecular weight is 579 g/mol. The van der Waals surface area contributed by atoms with Crippen molar-refractivity contribution in [1.82, 2.24) is 21.3 Å². The molecule has 1 saturated heterocycles. The Morgan fingerprint density at radius 3 is 1.73 bits per heavy atom. The van der Waals surface area contributed by atoms with Gasteiger partial charge in [-0.1, -0.05) is 57.5 Å². The number of hydrogen-bond acceptors (Lipinski definition) is 8. The third-order valence-electron chi connectivity index (χ3n) is 5.68. The Kier molecular flexibility index (Phi) is 27.1. The van der Waals surface area contributed by atoms with Gasteiger partial charge in [0.15, 0.2) is 11.5 Å². The maximum Gasteiger partial charge on any atom is 0.203 e. The Labute approximate surface area is 249 Å². The maximum absolute atomic E-state index is 5.23. The summed E-state index contributed by atoms with van der Waals surface area (Å²) in [5.41, 5.74) is 2.46. The number of thioether (sulfide) groups is 1. The maximum atomic E-state index is 5.23. The summed E-state index contributed by atoms with van der Waals surface area (Å²) in [5, 5.41) is 13.0. The highest BCUT2D eigenvalue weighted by molar-refractivity contribution is 7.99. The number of unbranched alkanes of at least 4 members (excludes halogenated alkanes) is 1. The van der Waals surface area contributed by atoms with Crippen LogP contribution in [0.15, 0.2) is 42.5 Å². The molecule has 0 amide bonds. The van der Waals surface area contributed by atoms with Gasteiger partial charge in [0.2, 0.25) is 5.75 Å². The Hall–Kier alpha value is -1.97. The summed E-state index contributed by atoms with van der Waals surface area (Å²) in [7, 11) is 6.71. The predicted octanol–water partition coefficient (Wildman–Crippen LogP) is 5.73. The Morgan fingerprint density at radius 1 is 0.725 bits per heavy atom. The standard InChI is InChI=1S/C11H17NO3.C11H17N.C6H15N.C4H9NS/c1-12-7-8-5-9(13-2)11(15-4)10(6-8)14-3;1-2-3-9-12-10-11-7-5-4-6-8-11;1-3-5-7-6-4-2;1-3-6-4-2-5-1/h5-6,12H,7H2,1-4H3;4-8,12H,2-3,9-10H2,1H3;7H,3-6H2,1-2H3;5H,1-4H2. The molecule has 0 radical (unpaired) electrons. The van der Waals surface area contributed by atoms with Crippen molar-refractivity contribution in [2.24, 2.45) is 0 Å². The van der Waals surface area contributed by atoms with Crippen LogP contribution in [-0.4, -0.2) is 72.6 Å². The van der Waals surface area contributed by atoms with Crippen LogP contribution in [0.25, 0.3) is 0 Å². The van der Waals surface area contributed by atoms with E-state index < -0.39 is 0 Å². The van der Waals surface area contributed by atoms with E-state index in [0.717, 1.165) is 25.2 Å². The summed E-state index contributed by atoms with van der Waals surface area (Å²) in [6, 6.07) is 14.4. The van der Waals surface area contributed by atoms with Crippen molar-refractivity contribution in [3.05, 3.63) is 53.6 Å². The highest BCUT2D eigenvalue weighted by atomic mass is 32.2. The summed E-state index contributed by atoms with van der Waals surface area (Å²) >= 11 is 2.03. The smallest absolute Gasteiger partial charge is 0.203 e. The molecule has 0 atom stereocenters. The summed E-state index contributed by atoms with van der Waals surface area (Å²) in [4.78, 5) is 0. The fourth-order valence-corrected chi connectivity index (χ4v) is 4.35. The molecule has 1 aliphatic heterocycles. The third kappa shape index (κ3) is 20.0. The Morgan fingerprint density at radius 2 is 1.32 bits per heavy atom. The molecule has 0 spiro atoms. The van der Waals surface area contributed by atoms with Crippen molar-refractivity contribution >= 4 is 11.8 Å². The zero-order valence-electron chi connectivity index (χ0n) is 26.4. The van der Waals surface area contributed by atoms with E-state index in [-0.39, 0.29) is 0 Å². The van der Waals surface area contributed by atoms with Crippen molar-refractivity contribution in [3.8, 4) is 17.2 Å². The summed E-state index contributed by atoms with van der Waals surface area (Å²) in [5.74, 6) is 4.60. The lowest BCUT2D eigenvalue weighted by atomic mass is 10.2. The molecule has 40 heavy (non-hydrogen) atoms. The number of hydrogen-bond donors (Lipinski definition) is 4. The SMILES string of the molecule is C1CSCCN1.CCCCNCc1ccccc1.CCCNCCC.CNCc1cc(OC)c(OC)c(OC)c1. The first-order valence-electron chi connectivity index (χ1n) is 14.8. The first kappa shape index (κ1) is 38.0. The second kappa shape index (κ2) is 28.6. The van der Waals surface area contributed by atoms with Crippen LogP contribution in [0, 0.1) is 0 Å². The van der Waals surface area contributed by atoms with Crippen molar-refractivity contribution in [1.29, 1.82) is 0 Å². The molecular formula is C32H58N4O3S. The fraction of sp³-hybridized carbons (Fsp3) is 0.625. The van der Waals surface area contributed by atoms with Crippen LogP contribution in [0.1, 0.15) is 57.6 Å². The molecule has 4 N–H and O–H groups in total. The highest BCUT2D eigenvalue weighted by Gasteiger charge is 2.12. The molecule has 2 aromatic rings.